The third-order valence-corrected chi connectivity index (χ3v) is 3.76. The smallest absolute Gasteiger partial charge is 0.339 e. The van der Waals surface area contributed by atoms with E-state index in [0.717, 1.165) is 30.4 Å². The van der Waals surface area contributed by atoms with Crippen molar-refractivity contribution in [1.82, 2.24) is 0 Å². The summed E-state index contributed by atoms with van der Waals surface area (Å²) in [5.74, 6) is -0.984. The molecule has 0 radical (unpaired) electrons. The lowest BCUT2D eigenvalue weighted by molar-refractivity contribution is 0.0693. The van der Waals surface area contributed by atoms with Crippen LogP contribution in [-0.4, -0.2) is 16.2 Å². The maximum Gasteiger partial charge on any atom is 0.339 e. The molecule has 1 aromatic rings. The van der Waals surface area contributed by atoms with Crippen LogP contribution < -0.4 is 0 Å². The van der Waals surface area contributed by atoms with Crippen LogP contribution in [0.2, 0.25) is 0 Å². The van der Waals surface area contributed by atoms with Crippen LogP contribution in [0.4, 0.5) is 0 Å². The Kier molecular flexibility index (Phi) is 5.21. The van der Waals surface area contributed by atoms with Gasteiger partial charge in [-0.3, -0.25) is 0 Å². The summed E-state index contributed by atoms with van der Waals surface area (Å²) in [6.07, 6.45) is 3.12. The molecule has 0 spiro atoms. The largest absolute Gasteiger partial charge is 0.507 e. The van der Waals surface area contributed by atoms with E-state index in [9.17, 15) is 15.0 Å². The van der Waals surface area contributed by atoms with Gasteiger partial charge >= 0.3 is 5.97 Å². The average molecular weight is 278 g/mol. The van der Waals surface area contributed by atoms with Gasteiger partial charge in [0, 0.05) is 0 Å². The predicted octanol–water partition coefficient (Wildman–Crippen LogP) is 4.68. The van der Waals surface area contributed by atoms with E-state index in [-0.39, 0.29) is 22.6 Å². The Bertz CT molecular complexity index is 484. The van der Waals surface area contributed by atoms with Crippen LogP contribution in [0.15, 0.2) is 12.1 Å². The molecule has 0 bridgehead atoms. The maximum atomic E-state index is 11.3. The number of carboxylic acid groups (broad SMARTS) is 1. The lowest BCUT2D eigenvalue weighted by Gasteiger charge is -2.23. The fourth-order valence-electron chi connectivity index (χ4n) is 2.29. The molecule has 0 saturated carbocycles. The number of unbranched alkanes of at least 4 members (excludes halogenated alkanes) is 1. The molecule has 1 atom stereocenters. The highest BCUT2D eigenvalue weighted by atomic mass is 16.4. The summed E-state index contributed by atoms with van der Waals surface area (Å²) < 4.78 is 0. The Morgan fingerprint density at radius 3 is 2.35 bits per heavy atom. The summed E-state index contributed by atoms with van der Waals surface area (Å²) >= 11 is 0. The molecule has 0 aliphatic carbocycles. The molecule has 2 N–H and O–H groups in total. The molecule has 0 heterocycles. The van der Waals surface area contributed by atoms with E-state index in [2.05, 4.69) is 6.92 Å². The standard InChI is InChI=1S/C17H26O3/c1-6-7-8-11(2)13-9-12(17(3,4)5)10-14(15(13)18)16(19)20/h9-11,18H,6-8H2,1-5H3,(H,19,20). The molecule has 0 fully saturated rings. The molecule has 1 rings (SSSR count). The second kappa shape index (κ2) is 6.29. The molecule has 0 aromatic heterocycles. The van der Waals surface area contributed by atoms with Gasteiger partial charge in [-0.25, -0.2) is 4.79 Å². The van der Waals surface area contributed by atoms with Gasteiger partial charge in [-0.05, 0) is 34.9 Å². The lowest BCUT2D eigenvalue weighted by Crippen LogP contribution is -2.14. The molecule has 0 saturated heterocycles. The van der Waals surface area contributed by atoms with Crippen LogP contribution in [0.3, 0.4) is 0 Å². The first-order chi connectivity index (χ1) is 9.18. The fourth-order valence-corrected chi connectivity index (χ4v) is 2.29. The summed E-state index contributed by atoms with van der Waals surface area (Å²) in [4.78, 5) is 11.3. The van der Waals surface area contributed by atoms with Crippen molar-refractivity contribution in [3.63, 3.8) is 0 Å². The monoisotopic (exact) mass is 278 g/mol. The number of hydrogen-bond donors (Lipinski definition) is 2. The molecule has 1 aromatic carbocycles. The summed E-state index contributed by atoms with van der Waals surface area (Å²) in [5, 5.41) is 19.5. The fraction of sp³-hybridized carbons (Fsp3) is 0.588. The van der Waals surface area contributed by atoms with Gasteiger partial charge in [0.05, 0.1) is 0 Å². The second-order valence-electron chi connectivity index (χ2n) is 6.56. The number of carbonyl (C=O) groups is 1. The lowest BCUT2D eigenvalue weighted by atomic mass is 9.82. The van der Waals surface area contributed by atoms with E-state index in [1.54, 1.807) is 6.07 Å². The Morgan fingerprint density at radius 2 is 1.90 bits per heavy atom. The molecule has 0 aliphatic heterocycles. The quantitative estimate of drug-likeness (QED) is 0.822. The first-order valence-corrected chi connectivity index (χ1v) is 7.29. The van der Waals surface area contributed by atoms with E-state index in [1.165, 1.54) is 0 Å². The number of carboxylic acids is 1. The van der Waals surface area contributed by atoms with Crippen LogP contribution in [-0.2, 0) is 5.41 Å². The van der Waals surface area contributed by atoms with E-state index < -0.39 is 5.97 Å². The van der Waals surface area contributed by atoms with Crippen LogP contribution in [0.25, 0.3) is 0 Å². The van der Waals surface area contributed by atoms with Crippen LogP contribution in [0.1, 0.15) is 81.3 Å². The number of aromatic hydroxyl groups is 1. The van der Waals surface area contributed by atoms with Crippen molar-refractivity contribution in [2.24, 2.45) is 0 Å². The first kappa shape index (κ1) is 16.5. The molecule has 3 nitrogen and oxygen atoms in total. The maximum absolute atomic E-state index is 11.3. The molecule has 0 amide bonds. The molecule has 112 valence electrons. The van der Waals surface area contributed by atoms with Gasteiger partial charge in [0.1, 0.15) is 11.3 Å². The Morgan fingerprint density at radius 1 is 1.30 bits per heavy atom. The van der Waals surface area contributed by atoms with Crippen molar-refractivity contribution < 1.29 is 15.0 Å². The third-order valence-electron chi connectivity index (χ3n) is 3.76. The van der Waals surface area contributed by atoms with E-state index in [4.69, 9.17) is 0 Å². The molecule has 3 heteroatoms. The van der Waals surface area contributed by atoms with Crippen LogP contribution in [0.5, 0.6) is 5.75 Å². The van der Waals surface area contributed by atoms with Crippen molar-refractivity contribution in [2.45, 2.75) is 65.2 Å². The minimum absolute atomic E-state index is 0.00998. The van der Waals surface area contributed by atoms with Crippen LogP contribution in [0, 0.1) is 0 Å². The number of rotatable bonds is 5. The van der Waals surface area contributed by atoms with Gasteiger partial charge in [0.15, 0.2) is 0 Å². The minimum Gasteiger partial charge on any atom is -0.507 e. The Hall–Kier alpha value is -1.51. The minimum atomic E-state index is -1.07. The summed E-state index contributed by atoms with van der Waals surface area (Å²) in [7, 11) is 0. The van der Waals surface area contributed by atoms with Crippen molar-refractivity contribution >= 4 is 5.97 Å². The molecular weight excluding hydrogens is 252 g/mol. The van der Waals surface area contributed by atoms with Gasteiger partial charge in [0.25, 0.3) is 0 Å². The molecular formula is C17H26O3. The normalized spacial score (nSPS) is 13.2. The van der Waals surface area contributed by atoms with Crippen molar-refractivity contribution in [3.05, 3.63) is 28.8 Å². The van der Waals surface area contributed by atoms with Crippen molar-refractivity contribution in [2.75, 3.05) is 0 Å². The Labute approximate surface area is 121 Å². The predicted molar refractivity (Wildman–Crippen MR) is 81.7 cm³/mol. The summed E-state index contributed by atoms with van der Waals surface area (Å²) in [5.41, 5.74) is 1.57. The number of hydrogen-bond acceptors (Lipinski definition) is 2. The first-order valence-electron chi connectivity index (χ1n) is 7.29. The molecule has 1 unspecified atom stereocenters. The highest BCUT2D eigenvalue weighted by molar-refractivity contribution is 5.91. The highest BCUT2D eigenvalue weighted by Gasteiger charge is 2.23. The third kappa shape index (κ3) is 3.75. The van der Waals surface area contributed by atoms with Crippen molar-refractivity contribution in [1.29, 1.82) is 0 Å². The average Bonchev–Trinajstić information content (AvgIpc) is 2.34. The van der Waals surface area contributed by atoms with Gasteiger partial charge in [-0.1, -0.05) is 53.5 Å². The zero-order valence-corrected chi connectivity index (χ0v) is 13.2. The number of benzene rings is 1. The zero-order chi connectivity index (χ0) is 15.5. The van der Waals surface area contributed by atoms with E-state index in [0.29, 0.717) is 0 Å². The van der Waals surface area contributed by atoms with Gasteiger partial charge < -0.3 is 10.2 Å². The SMILES string of the molecule is CCCCC(C)c1cc(C(C)(C)C)cc(C(=O)O)c1O. The second-order valence-corrected chi connectivity index (χ2v) is 6.56. The number of aromatic carboxylic acids is 1. The molecule has 0 aliphatic rings. The highest BCUT2D eigenvalue weighted by Crippen LogP contribution is 2.36. The van der Waals surface area contributed by atoms with Gasteiger partial charge in [-0.15, -0.1) is 0 Å². The van der Waals surface area contributed by atoms with Gasteiger partial charge in [-0.2, -0.15) is 0 Å². The zero-order valence-electron chi connectivity index (χ0n) is 13.2. The summed E-state index contributed by atoms with van der Waals surface area (Å²) in [6, 6.07) is 3.55. The van der Waals surface area contributed by atoms with Gasteiger partial charge in [0.2, 0.25) is 0 Å². The Balaban J connectivity index is 3.34. The van der Waals surface area contributed by atoms with Crippen molar-refractivity contribution in [3.8, 4) is 5.75 Å². The topological polar surface area (TPSA) is 57.5 Å². The molecule has 20 heavy (non-hydrogen) atoms. The van der Waals surface area contributed by atoms with E-state index in [1.807, 2.05) is 33.8 Å². The number of phenols is 1. The summed E-state index contributed by atoms with van der Waals surface area (Å²) in [6.45, 7) is 10.3. The van der Waals surface area contributed by atoms with E-state index >= 15 is 0 Å². The van der Waals surface area contributed by atoms with Crippen LogP contribution >= 0.6 is 0 Å².